The van der Waals surface area contributed by atoms with Gasteiger partial charge in [0.1, 0.15) is 17.1 Å². The Morgan fingerprint density at radius 2 is 2.25 bits per heavy atom. The van der Waals surface area contributed by atoms with Crippen molar-refractivity contribution in [3.63, 3.8) is 0 Å². The van der Waals surface area contributed by atoms with Gasteiger partial charge in [0.25, 0.3) is 11.5 Å². The van der Waals surface area contributed by atoms with Crippen molar-refractivity contribution in [3.8, 4) is 11.5 Å². The standard InChI is InChI=1S/C16H15N5O3/c22-15(17-9-14-20-19-13-4-1-7-21(13)14)10-5-6-11(18-16(10)23)12-3-2-8-24-12/h2-3,5-6,8H,1,4,7,9H2,(H,17,22)(H,18,23). The minimum Gasteiger partial charge on any atom is -0.463 e. The molecule has 1 aliphatic heterocycles. The quantitative estimate of drug-likeness (QED) is 0.747. The van der Waals surface area contributed by atoms with Crippen molar-refractivity contribution in [1.82, 2.24) is 25.1 Å². The van der Waals surface area contributed by atoms with Crippen LogP contribution < -0.4 is 10.9 Å². The van der Waals surface area contributed by atoms with E-state index in [2.05, 4.69) is 20.5 Å². The number of nitrogens with one attached hydrogen (secondary N) is 2. The average molecular weight is 325 g/mol. The Bertz CT molecular complexity index is 939. The monoisotopic (exact) mass is 325 g/mol. The number of furan rings is 1. The lowest BCUT2D eigenvalue weighted by Crippen LogP contribution is -2.30. The summed E-state index contributed by atoms with van der Waals surface area (Å²) in [5.41, 5.74) is 0.108. The van der Waals surface area contributed by atoms with E-state index in [1.54, 1.807) is 18.2 Å². The molecule has 0 radical (unpaired) electrons. The van der Waals surface area contributed by atoms with E-state index in [9.17, 15) is 9.59 Å². The highest BCUT2D eigenvalue weighted by molar-refractivity contribution is 5.93. The highest BCUT2D eigenvalue weighted by Gasteiger charge is 2.18. The summed E-state index contributed by atoms with van der Waals surface area (Å²) in [6.45, 7) is 1.11. The van der Waals surface area contributed by atoms with Crippen LogP contribution in [0.15, 0.2) is 39.7 Å². The molecule has 1 amide bonds. The van der Waals surface area contributed by atoms with E-state index in [0.29, 0.717) is 17.3 Å². The van der Waals surface area contributed by atoms with Crippen molar-refractivity contribution in [2.24, 2.45) is 0 Å². The van der Waals surface area contributed by atoms with Crippen LogP contribution in [0.1, 0.15) is 28.4 Å². The molecule has 3 aromatic heterocycles. The molecule has 0 saturated heterocycles. The van der Waals surface area contributed by atoms with Crippen LogP contribution >= 0.6 is 0 Å². The molecule has 0 fully saturated rings. The van der Waals surface area contributed by atoms with Crippen molar-refractivity contribution in [2.45, 2.75) is 25.9 Å². The predicted octanol–water partition coefficient (Wildman–Crippen LogP) is 1.10. The molecular weight excluding hydrogens is 310 g/mol. The number of aryl methyl sites for hydroxylation is 1. The fourth-order valence-corrected chi connectivity index (χ4v) is 2.82. The Kier molecular flexibility index (Phi) is 3.49. The third-order valence-electron chi connectivity index (χ3n) is 4.03. The number of amides is 1. The second-order valence-electron chi connectivity index (χ2n) is 5.56. The topological polar surface area (TPSA) is 106 Å². The Hall–Kier alpha value is -3.16. The van der Waals surface area contributed by atoms with Gasteiger partial charge >= 0.3 is 0 Å². The Morgan fingerprint density at radius 1 is 1.33 bits per heavy atom. The molecule has 0 aromatic carbocycles. The number of aromatic amines is 1. The van der Waals surface area contributed by atoms with Gasteiger partial charge in [-0.05, 0) is 30.7 Å². The van der Waals surface area contributed by atoms with Gasteiger partial charge in [-0.25, -0.2) is 0 Å². The first kappa shape index (κ1) is 14.4. The van der Waals surface area contributed by atoms with Gasteiger partial charge in [0, 0.05) is 13.0 Å². The predicted molar refractivity (Wildman–Crippen MR) is 84.3 cm³/mol. The van der Waals surface area contributed by atoms with Crippen molar-refractivity contribution >= 4 is 5.91 Å². The molecule has 0 atom stereocenters. The minimum absolute atomic E-state index is 0.0477. The summed E-state index contributed by atoms with van der Waals surface area (Å²) >= 11 is 0. The number of hydrogen-bond acceptors (Lipinski definition) is 5. The molecule has 2 N–H and O–H groups in total. The highest BCUT2D eigenvalue weighted by atomic mass is 16.3. The van der Waals surface area contributed by atoms with Gasteiger partial charge in [0.15, 0.2) is 5.82 Å². The number of carbonyl (C=O) groups is 1. The van der Waals surface area contributed by atoms with Gasteiger partial charge < -0.3 is 19.3 Å². The van der Waals surface area contributed by atoms with E-state index >= 15 is 0 Å². The first-order chi connectivity index (χ1) is 11.7. The van der Waals surface area contributed by atoms with E-state index in [-0.39, 0.29) is 12.1 Å². The fourth-order valence-electron chi connectivity index (χ4n) is 2.82. The normalized spacial score (nSPS) is 13.0. The Morgan fingerprint density at radius 3 is 3.04 bits per heavy atom. The SMILES string of the molecule is O=C(NCc1nnc2n1CCC2)c1ccc(-c2ccco2)[nH]c1=O. The number of hydrogen-bond donors (Lipinski definition) is 2. The molecule has 122 valence electrons. The zero-order valence-corrected chi connectivity index (χ0v) is 12.8. The van der Waals surface area contributed by atoms with Crippen molar-refractivity contribution in [3.05, 3.63) is 58.1 Å². The summed E-state index contributed by atoms with van der Waals surface area (Å²) < 4.78 is 7.23. The molecule has 4 rings (SSSR count). The van der Waals surface area contributed by atoms with Crippen LogP contribution in [0.25, 0.3) is 11.5 Å². The number of fused-ring (bicyclic) bond motifs is 1. The maximum absolute atomic E-state index is 12.2. The molecule has 24 heavy (non-hydrogen) atoms. The van der Waals surface area contributed by atoms with E-state index < -0.39 is 11.5 Å². The molecule has 0 saturated carbocycles. The third-order valence-corrected chi connectivity index (χ3v) is 4.03. The molecule has 8 heteroatoms. The smallest absolute Gasteiger partial charge is 0.261 e. The second kappa shape index (κ2) is 5.80. The maximum atomic E-state index is 12.2. The Labute approximate surface area is 136 Å². The summed E-state index contributed by atoms with van der Waals surface area (Å²) in [6.07, 6.45) is 3.47. The van der Waals surface area contributed by atoms with Crippen LogP contribution in [0.5, 0.6) is 0 Å². The number of carbonyl (C=O) groups excluding carboxylic acids is 1. The summed E-state index contributed by atoms with van der Waals surface area (Å²) in [5.74, 6) is 1.75. The van der Waals surface area contributed by atoms with E-state index in [1.807, 2.05) is 4.57 Å². The molecule has 8 nitrogen and oxygen atoms in total. The van der Waals surface area contributed by atoms with Gasteiger partial charge in [0.05, 0.1) is 18.5 Å². The maximum Gasteiger partial charge on any atom is 0.261 e. The average Bonchev–Trinajstić information content (AvgIpc) is 3.30. The van der Waals surface area contributed by atoms with Crippen LogP contribution in [0.2, 0.25) is 0 Å². The van der Waals surface area contributed by atoms with Crippen molar-refractivity contribution in [2.75, 3.05) is 0 Å². The number of pyridine rings is 1. The lowest BCUT2D eigenvalue weighted by molar-refractivity contribution is 0.0948. The fraction of sp³-hybridized carbons (Fsp3) is 0.250. The highest BCUT2D eigenvalue weighted by Crippen LogP contribution is 2.16. The van der Waals surface area contributed by atoms with Crippen molar-refractivity contribution in [1.29, 1.82) is 0 Å². The second-order valence-corrected chi connectivity index (χ2v) is 5.56. The van der Waals surface area contributed by atoms with Crippen LogP contribution in [0, 0.1) is 0 Å². The number of nitrogens with zero attached hydrogens (tertiary/aromatic N) is 3. The van der Waals surface area contributed by atoms with E-state index in [1.165, 1.54) is 12.3 Å². The molecule has 0 spiro atoms. The summed E-state index contributed by atoms with van der Waals surface area (Å²) in [5, 5.41) is 10.9. The van der Waals surface area contributed by atoms with Gasteiger partial charge in [-0.15, -0.1) is 10.2 Å². The first-order valence-corrected chi connectivity index (χ1v) is 7.69. The van der Waals surface area contributed by atoms with Crippen LogP contribution in [0.3, 0.4) is 0 Å². The van der Waals surface area contributed by atoms with Crippen LogP contribution in [0.4, 0.5) is 0 Å². The Balaban J connectivity index is 1.49. The van der Waals surface area contributed by atoms with Gasteiger partial charge in [0.2, 0.25) is 0 Å². The minimum atomic E-state index is -0.465. The number of H-pyrrole nitrogens is 1. The molecule has 4 heterocycles. The molecule has 0 unspecified atom stereocenters. The van der Waals surface area contributed by atoms with E-state index in [0.717, 1.165) is 25.2 Å². The lowest BCUT2D eigenvalue weighted by Gasteiger charge is -2.06. The first-order valence-electron chi connectivity index (χ1n) is 7.69. The summed E-state index contributed by atoms with van der Waals surface area (Å²) in [4.78, 5) is 27.0. The molecular formula is C16H15N5O3. The lowest BCUT2D eigenvalue weighted by atomic mass is 10.2. The third kappa shape index (κ3) is 2.51. The van der Waals surface area contributed by atoms with E-state index in [4.69, 9.17) is 4.42 Å². The van der Waals surface area contributed by atoms with Crippen LogP contribution in [-0.4, -0.2) is 25.7 Å². The number of rotatable bonds is 4. The summed E-state index contributed by atoms with van der Waals surface area (Å²) in [7, 11) is 0. The summed E-state index contributed by atoms with van der Waals surface area (Å²) in [6, 6.07) is 6.59. The molecule has 0 aliphatic carbocycles. The van der Waals surface area contributed by atoms with Gasteiger partial charge in [-0.1, -0.05) is 0 Å². The largest absolute Gasteiger partial charge is 0.463 e. The zero-order valence-electron chi connectivity index (χ0n) is 12.8. The van der Waals surface area contributed by atoms with Crippen molar-refractivity contribution < 1.29 is 9.21 Å². The molecule has 3 aromatic rings. The number of aromatic nitrogens is 4. The zero-order chi connectivity index (χ0) is 16.5. The molecule has 0 bridgehead atoms. The van der Waals surface area contributed by atoms with Gasteiger partial charge in [-0.3, -0.25) is 9.59 Å². The van der Waals surface area contributed by atoms with Crippen LogP contribution in [-0.2, 0) is 19.5 Å². The van der Waals surface area contributed by atoms with Gasteiger partial charge in [-0.2, -0.15) is 0 Å². The molecule has 1 aliphatic rings.